The minimum absolute atomic E-state index is 0.00362. The zero-order valence-corrected chi connectivity index (χ0v) is 44.3. The van der Waals surface area contributed by atoms with Gasteiger partial charge in [0.05, 0.1) is 19.3 Å². The van der Waals surface area contributed by atoms with E-state index >= 15 is 0 Å². The molecule has 8 atom stereocenters. The highest BCUT2D eigenvalue weighted by Crippen LogP contribution is 2.60. The lowest BCUT2D eigenvalue weighted by atomic mass is 10.1. The van der Waals surface area contributed by atoms with Crippen LogP contribution in [0.3, 0.4) is 0 Å². The number of phosphoric acid groups is 2. The van der Waals surface area contributed by atoms with Gasteiger partial charge in [0.15, 0.2) is 12.3 Å². The topological polar surface area (TPSA) is 286 Å². The van der Waals surface area contributed by atoms with E-state index in [1.807, 2.05) is 42.5 Å². The highest BCUT2D eigenvalue weighted by Gasteiger charge is 2.46. The average molecular weight is 1070 g/mol. The summed E-state index contributed by atoms with van der Waals surface area (Å²) in [5, 5.41) is 30.8. The van der Waals surface area contributed by atoms with E-state index in [1.165, 1.54) is 6.07 Å². The van der Waals surface area contributed by atoms with Gasteiger partial charge in [-0.25, -0.2) is 13.9 Å². The zero-order chi connectivity index (χ0) is 53.6. The summed E-state index contributed by atoms with van der Waals surface area (Å²) in [6.07, 6.45) is 39.7. The number of hydrogen-bond acceptors (Lipinski definition) is 16. The lowest BCUT2D eigenvalue weighted by molar-refractivity contribution is -0.161. The number of aromatic nitrogens is 2. The van der Waals surface area contributed by atoms with Crippen LogP contribution in [0.2, 0.25) is 0 Å². The first-order chi connectivity index (χ1) is 35.1. The Kier molecular flexibility index (Phi) is 34.7. The number of esters is 2. The van der Waals surface area contributed by atoms with Crippen LogP contribution in [0.15, 0.2) is 114 Å². The summed E-state index contributed by atoms with van der Waals surface area (Å²) in [6, 6.07) is 1.24. The molecule has 7 N–H and O–H groups in total. The lowest BCUT2D eigenvalue weighted by Crippen LogP contribution is -2.36. The van der Waals surface area contributed by atoms with Gasteiger partial charge < -0.3 is 45.1 Å². The van der Waals surface area contributed by atoms with Crippen molar-refractivity contribution in [2.24, 2.45) is 0 Å². The molecule has 21 heteroatoms. The summed E-state index contributed by atoms with van der Waals surface area (Å²) in [7, 11) is -10.9. The van der Waals surface area contributed by atoms with Crippen molar-refractivity contribution < 1.29 is 71.4 Å². The molecule has 1 aliphatic heterocycles. The first-order valence-corrected chi connectivity index (χ1v) is 28.3. The van der Waals surface area contributed by atoms with E-state index in [-0.39, 0.29) is 18.7 Å². The number of carbonyl (C=O) groups excluding carboxylic acids is 2. The second-order valence-corrected chi connectivity index (χ2v) is 20.1. The summed E-state index contributed by atoms with van der Waals surface area (Å²) < 4.78 is 56.7. The minimum Gasteiger partial charge on any atom is -0.462 e. The number of unbranched alkanes of at least 4 members (excludes halogenated alkanes) is 6. The Morgan fingerprint density at radius 3 is 1.88 bits per heavy atom. The molecule has 0 spiro atoms. The standard InChI is InChI=1S/C52H81N3O16P2/c1-3-5-7-8-9-10-11-12-13-14-15-16-21-24-27-30-33-37-48(58)69-44(40-66-47(57)36-32-29-26-23-20-18-17-19-22-25-28-31-35-43(56)34-6-4-2)41-67-72(62,63)71-73(64,65)68-42-45-49(59)50(60)51(70-45)55-39-38-46(53)54-52(55)61/h5,7,9-10,12-13,15-18,22-23,25-26,31,35,38-39,43-45,49-51,56,59-60H,3-4,6,8,11,14,19-21,24,27-30,32-34,36-37,40-42H2,1-2H3,(H,62,63)(H,64,65)(H2,53,54,61)/b7-5-,10-9-,13-12-,16-15-,18-17-,25-22-,26-23-,35-31-/t43-,44+,45+,49+,50+,51+/m0/s1. The number of aliphatic hydroxyl groups excluding tert-OH is 3. The molecule has 1 aromatic heterocycles. The molecule has 19 nitrogen and oxygen atoms in total. The highest BCUT2D eigenvalue weighted by molar-refractivity contribution is 7.61. The Labute approximate surface area is 431 Å². The van der Waals surface area contributed by atoms with E-state index in [9.17, 15) is 48.6 Å². The van der Waals surface area contributed by atoms with Crippen LogP contribution in [0.25, 0.3) is 0 Å². The van der Waals surface area contributed by atoms with Gasteiger partial charge in [0.1, 0.15) is 30.7 Å². The van der Waals surface area contributed by atoms with Crippen LogP contribution in [0.5, 0.6) is 0 Å². The SMILES string of the molecule is CC/C=C\C/C=C\C/C=C\C/C=C\CCCCCCC(=O)O[C@H](COC(=O)CCC/C=C\C/C=C\C/C=C\C/C=C\[C@@H](O)CCCC)COP(=O)(O)OP(=O)(O)OC[C@H]1O[C@@H](n2ccc(N)nc2=O)[C@H](O)[C@@H]1O. The molecule has 0 radical (unpaired) electrons. The third-order valence-electron chi connectivity index (χ3n) is 10.7. The molecule has 2 unspecified atom stereocenters. The zero-order valence-electron chi connectivity index (χ0n) is 42.5. The molecule has 73 heavy (non-hydrogen) atoms. The maximum atomic E-state index is 12.9. The minimum atomic E-state index is -5.45. The summed E-state index contributed by atoms with van der Waals surface area (Å²) in [6.45, 7) is 1.79. The van der Waals surface area contributed by atoms with Crippen LogP contribution in [0.1, 0.15) is 142 Å². The van der Waals surface area contributed by atoms with Crippen molar-refractivity contribution >= 4 is 33.4 Å². The molecule has 2 heterocycles. The van der Waals surface area contributed by atoms with E-state index < -0.39 is 89.8 Å². The second kappa shape index (κ2) is 39.1. The van der Waals surface area contributed by atoms with Crippen LogP contribution in [-0.4, -0.2) is 96.9 Å². The normalized spacial score (nSPS) is 20.2. The van der Waals surface area contributed by atoms with Crippen molar-refractivity contribution in [3.63, 3.8) is 0 Å². The summed E-state index contributed by atoms with van der Waals surface area (Å²) in [4.78, 5) is 61.9. The lowest BCUT2D eigenvalue weighted by Gasteiger charge is -2.21. The third-order valence-corrected chi connectivity index (χ3v) is 13.3. The van der Waals surface area contributed by atoms with Crippen molar-refractivity contribution in [3.05, 3.63) is 120 Å². The molecule has 1 aliphatic rings. The fraction of sp³-hybridized carbons (Fsp3) is 0.577. The smallest absolute Gasteiger partial charge is 0.462 e. The maximum Gasteiger partial charge on any atom is 0.481 e. The second-order valence-electron chi connectivity index (χ2n) is 17.1. The van der Waals surface area contributed by atoms with Crippen molar-refractivity contribution in [3.8, 4) is 0 Å². The Balaban J connectivity index is 1.85. The predicted molar refractivity (Wildman–Crippen MR) is 281 cm³/mol. The number of ether oxygens (including phenoxy) is 3. The summed E-state index contributed by atoms with van der Waals surface area (Å²) in [5.74, 6) is -1.43. The Morgan fingerprint density at radius 2 is 1.27 bits per heavy atom. The van der Waals surface area contributed by atoms with Gasteiger partial charge in [0.25, 0.3) is 0 Å². The molecule has 0 saturated carbocycles. The first-order valence-electron chi connectivity index (χ1n) is 25.3. The Morgan fingerprint density at radius 1 is 0.726 bits per heavy atom. The van der Waals surface area contributed by atoms with E-state index in [0.717, 1.165) is 94.2 Å². The molecule has 0 amide bonds. The number of nitrogens with two attached hydrogens (primary N) is 1. The monoisotopic (exact) mass is 1070 g/mol. The van der Waals surface area contributed by atoms with Gasteiger partial charge in [-0.2, -0.15) is 9.29 Å². The maximum absolute atomic E-state index is 12.9. The Bertz CT molecular complexity index is 2120. The Hall–Kier alpha value is -4.36. The number of nitrogens with zero attached hydrogens (tertiary/aromatic N) is 2. The number of rotatable bonds is 40. The van der Waals surface area contributed by atoms with Crippen molar-refractivity contribution in [1.29, 1.82) is 0 Å². The molecule has 0 bridgehead atoms. The molecule has 1 saturated heterocycles. The molecule has 410 valence electrons. The van der Waals surface area contributed by atoms with Crippen LogP contribution in [-0.2, 0) is 46.3 Å². The third kappa shape index (κ3) is 31.9. The van der Waals surface area contributed by atoms with Crippen LogP contribution in [0, 0.1) is 0 Å². The van der Waals surface area contributed by atoms with Crippen molar-refractivity contribution in [2.75, 3.05) is 25.6 Å². The number of anilines is 1. The molecule has 0 aromatic carbocycles. The van der Waals surface area contributed by atoms with E-state index in [2.05, 4.69) is 77.8 Å². The number of nitrogen functional groups attached to an aromatic ring is 1. The quantitative estimate of drug-likeness (QED) is 0.0154. The number of carbonyl (C=O) groups is 2. The van der Waals surface area contributed by atoms with Gasteiger partial charge in [-0.1, -0.05) is 137 Å². The molecule has 0 aliphatic carbocycles. The van der Waals surface area contributed by atoms with Gasteiger partial charge >= 0.3 is 33.3 Å². The van der Waals surface area contributed by atoms with E-state index in [0.29, 0.717) is 25.7 Å². The van der Waals surface area contributed by atoms with Crippen LogP contribution < -0.4 is 11.4 Å². The number of aliphatic hydroxyl groups is 3. The van der Waals surface area contributed by atoms with Gasteiger partial charge in [0.2, 0.25) is 0 Å². The molecule has 1 fully saturated rings. The molecular formula is C52H81N3O16P2. The average Bonchev–Trinajstić information content (AvgIpc) is 3.62. The number of phosphoric ester groups is 2. The van der Waals surface area contributed by atoms with Crippen LogP contribution in [0.4, 0.5) is 5.82 Å². The van der Waals surface area contributed by atoms with E-state index in [4.69, 9.17) is 29.0 Å². The summed E-state index contributed by atoms with van der Waals surface area (Å²) >= 11 is 0. The molecule has 1 aromatic rings. The highest BCUT2D eigenvalue weighted by atomic mass is 31.3. The van der Waals surface area contributed by atoms with Crippen LogP contribution >= 0.6 is 15.6 Å². The van der Waals surface area contributed by atoms with Crippen molar-refractivity contribution in [2.45, 2.75) is 173 Å². The fourth-order valence-corrected chi connectivity index (χ4v) is 8.89. The number of allylic oxidation sites excluding steroid dienone is 15. The molecular weight excluding hydrogens is 985 g/mol. The van der Waals surface area contributed by atoms with Gasteiger partial charge in [-0.3, -0.25) is 23.2 Å². The summed E-state index contributed by atoms with van der Waals surface area (Å²) in [5.41, 5.74) is 4.57. The number of hydrogen-bond donors (Lipinski definition) is 6. The molecule has 2 rings (SSSR count). The predicted octanol–water partition coefficient (Wildman–Crippen LogP) is 9.41. The van der Waals surface area contributed by atoms with Gasteiger partial charge in [-0.05, 0) is 89.5 Å². The fourth-order valence-electron chi connectivity index (χ4n) is 6.78. The van der Waals surface area contributed by atoms with Gasteiger partial charge in [0, 0.05) is 19.0 Å². The first kappa shape index (κ1) is 64.8. The van der Waals surface area contributed by atoms with Crippen molar-refractivity contribution in [1.82, 2.24) is 9.55 Å². The van der Waals surface area contributed by atoms with Gasteiger partial charge in [-0.15, -0.1) is 0 Å². The largest absolute Gasteiger partial charge is 0.481 e. The van der Waals surface area contributed by atoms with E-state index in [1.54, 1.807) is 0 Å².